The molecule has 162 valence electrons. The number of carbonyl (C=O) groups is 1. The Balaban J connectivity index is 1.65. The van der Waals surface area contributed by atoms with Gasteiger partial charge in [0, 0.05) is 5.69 Å². The number of hydrogen-bond acceptors (Lipinski definition) is 4. The monoisotopic (exact) mass is 443 g/mol. The summed E-state index contributed by atoms with van der Waals surface area (Å²) in [4.78, 5) is 30.8. The first-order valence-electron chi connectivity index (χ1n) is 10.7. The smallest absolute Gasteiger partial charge is 0.266 e. The molecule has 1 aromatic heterocycles. The summed E-state index contributed by atoms with van der Waals surface area (Å²) < 4.78 is 1.58. The highest BCUT2D eigenvalue weighted by Gasteiger charge is 2.16. The molecule has 0 aliphatic rings. The summed E-state index contributed by atoms with van der Waals surface area (Å²) in [7, 11) is 0. The highest BCUT2D eigenvalue weighted by molar-refractivity contribution is 7.99. The van der Waals surface area contributed by atoms with Crippen LogP contribution in [0.5, 0.6) is 0 Å². The number of fused-ring (bicyclic) bond motifs is 1. The third-order valence-electron chi connectivity index (χ3n) is 5.35. The Morgan fingerprint density at radius 3 is 2.25 bits per heavy atom. The van der Waals surface area contributed by atoms with E-state index in [0.29, 0.717) is 16.1 Å². The van der Waals surface area contributed by atoms with Gasteiger partial charge in [-0.2, -0.15) is 0 Å². The van der Waals surface area contributed by atoms with Crippen molar-refractivity contribution in [1.82, 2.24) is 9.55 Å². The molecule has 0 spiro atoms. The van der Waals surface area contributed by atoms with E-state index in [1.165, 1.54) is 11.8 Å². The second-order valence-electron chi connectivity index (χ2n) is 7.38. The van der Waals surface area contributed by atoms with Gasteiger partial charge in [-0.15, -0.1) is 0 Å². The van der Waals surface area contributed by atoms with Crippen molar-refractivity contribution in [2.45, 2.75) is 31.8 Å². The first kappa shape index (κ1) is 21.8. The lowest BCUT2D eigenvalue weighted by Gasteiger charge is -2.15. The van der Waals surface area contributed by atoms with Gasteiger partial charge in [0.15, 0.2) is 5.16 Å². The third-order valence-corrected chi connectivity index (χ3v) is 6.29. The lowest BCUT2D eigenvalue weighted by atomic mass is 10.0. The summed E-state index contributed by atoms with van der Waals surface area (Å²) in [6.45, 7) is 4.16. The van der Waals surface area contributed by atoms with E-state index < -0.39 is 0 Å². The number of rotatable bonds is 7. The van der Waals surface area contributed by atoms with Crippen LogP contribution in [0.25, 0.3) is 16.6 Å². The van der Waals surface area contributed by atoms with Gasteiger partial charge in [-0.05, 0) is 48.2 Å². The number of benzene rings is 3. The summed E-state index contributed by atoms with van der Waals surface area (Å²) in [6.07, 6.45) is 1.69. The van der Waals surface area contributed by atoms with Crippen molar-refractivity contribution >= 4 is 34.3 Å². The molecule has 6 heteroatoms. The molecule has 0 saturated carbocycles. The van der Waals surface area contributed by atoms with Gasteiger partial charge in [0.1, 0.15) is 0 Å². The quantitative estimate of drug-likeness (QED) is 0.313. The van der Waals surface area contributed by atoms with E-state index in [2.05, 4.69) is 19.2 Å². The zero-order chi connectivity index (χ0) is 22.5. The second-order valence-corrected chi connectivity index (χ2v) is 8.33. The average molecular weight is 444 g/mol. The lowest BCUT2D eigenvalue weighted by molar-refractivity contribution is -0.113. The third kappa shape index (κ3) is 4.46. The van der Waals surface area contributed by atoms with Crippen LogP contribution in [0.1, 0.15) is 25.0 Å². The molecule has 5 nitrogen and oxygen atoms in total. The van der Waals surface area contributed by atoms with Gasteiger partial charge in [-0.3, -0.25) is 14.2 Å². The van der Waals surface area contributed by atoms with Crippen molar-refractivity contribution in [2.24, 2.45) is 0 Å². The van der Waals surface area contributed by atoms with E-state index in [9.17, 15) is 9.59 Å². The van der Waals surface area contributed by atoms with Crippen molar-refractivity contribution in [3.63, 3.8) is 0 Å². The number of thioether (sulfide) groups is 1. The molecule has 3 aromatic carbocycles. The largest absolute Gasteiger partial charge is 0.325 e. The summed E-state index contributed by atoms with van der Waals surface area (Å²) in [5, 5.41) is 4.13. The van der Waals surface area contributed by atoms with E-state index >= 15 is 0 Å². The Morgan fingerprint density at radius 1 is 0.906 bits per heavy atom. The number of anilines is 1. The van der Waals surface area contributed by atoms with E-state index in [1.807, 2.05) is 66.7 Å². The minimum atomic E-state index is -0.144. The predicted molar refractivity (Wildman–Crippen MR) is 132 cm³/mol. The highest BCUT2D eigenvalue weighted by atomic mass is 32.2. The Kier molecular flexibility index (Phi) is 6.71. The van der Waals surface area contributed by atoms with Crippen molar-refractivity contribution in [1.29, 1.82) is 0 Å². The number of carbonyl (C=O) groups excluding carboxylic acids is 1. The molecule has 4 rings (SSSR count). The van der Waals surface area contributed by atoms with Gasteiger partial charge in [0.05, 0.1) is 22.3 Å². The maximum atomic E-state index is 13.3. The molecule has 4 aromatic rings. The molecule has 0 atom stereocenters. The van der Waals surface area contributed by atoms with Crippen molar-refractivity contribution in [3.8, 4) is 5.69 Å². The molecular formula is C26H25N3O2S. The molecule has 1 N–H and O–H groups in total. The number of nitrogens with zero attached hydrogens (tertiary/aromatic N) is 2. The van der Waals surface area contributed by atoms with Crippen LogP contribution in [-0.2, 0) is 17.6 Å². The molecular weight excluding hydrogens is 418 g/mol. The Labute approximate surface area is 191 Å². The van der Waals surface area contributed by atoms with Gasteiger partial charge < -0.3 is 5.32 Å². The van der Waals surface area contributed by atoms with Crippen LogP contribution < -0.4 is 10.9 Å². The van der Waals surface area contributed by atoms with Gasteiger partial charge in [0.2, 0.25) is 5.91 Å². The Morgan fingerprint density at radius 2 is 1.56 bits per heavy atom. The molecule has 0 aliphatic heterocycles. The molecule has 0 fully saturated rings. The van der Waals surface area contributed by atoms with Gasteiger partial charge in [-0.1, -0.05) is 74.1 Å². The molecule has 1 heterocycles. The van der Waals surface area contributed by atoms with Crippen molar-refractivity contribution in [3.05, 3.63) is 94.3 Å². The van der Waals surface area contributed by atoms with Crippen molar-refractivity contribution in [2.75, 3.05) is 11.1 Å². The van der Waals surface area contributed by atoms with Crippen LogP contribution in [0.2, 0.25) is 0 Å². The van der Waals surface area contributed by atoms with Crippen LogP contribution >= 0.6 is 11.8 Å². The minimum Gasteiger partial charge on any atom is -0.325 e. The second kappa shape index (κ2) is 9.83. The lowest BCUT2D eigenvalue weighted by Crippen LogP contribution is -2.23. The molecule has 0 radical (unpaired) electrons. The molecule has 1 amide bonds. The number of para-hydroxylation sites is 3. The topological polar surface area (TPSA) is 64.0 Å². The summed E-state index contributed by atoms with van der Waals surface area (Å²) in [5.41, 5.74) is 4.34. The fraction of sp³-hybridized carbons (Fsp3) is 0.192. The normalized spacial score (nSPS) is 10.9. The first-order chi connectivity index (χ1) is 15.6. The fourth-order valence-corrected chi connectivity index (χ4v) is 4.54. The molecule has 0 aliphatic carbocycles. The van der Waals surface area contributed by atoms with Gasteiger partial charge in [0.25, 0.3) is 5.56 Å². The molecule has 0 unspecified atom stereocenters. The number of amides is 1. The average Bonchev–Trinajstić information content (AvgIpc) is 2.83. The van der Waals surface area contributed by atoms with E-state index in [4.69, 9.17) is 4.98 Å². The van der Waals surface area contributed by atoms with E-state index in [0.717, 1.165) is 35.3 Å². The summed E-state index contributed by atoms with van der Waals surface area (Å²) in [6, 6.07) is 22.8. The zero-order valence-corrected chi connectivity index (χ0v) is 19.0. The van der Waals surface area contributed by atoms with Crippen LogP contribution in [0.4, 0.5) is 5.69 Å². The number of aromatic nitrogens is 2. The van der Waals surface area contributed by atoms with Crippen LogP contribution in [0.3, 0.4) is 0 Å². The number of nitrogens with one attached hydrogen (secondary N) is 1. The first-order valence-corrected chi connectivity index (χ1v) is 11.7. The maximum Gasteiger partial charge on any atom is 0.266 e. The summed E-state index contributed by atoms with van der Waals surface area (Å²) in [5.74, 6) is 0.0337. The predicted octanol–water partition coefficient (Wildman–Crippen LogP) is 5.24. The standard InChI is InChI=1S/C26H25N3O2S/c1-3-18-11-10-12-19(4-2)24(18)28-23(30)17-32-26-27-22-16-9-8-15-21(22)25(31)29(26)20-13-6-5-7-14-20/h5-16H,3-4,17H2,1-2H3,(H,28,30). The maximum absolute atomic E-state index is 13.3. The van der Waals surface area contributed by atoms with Gasteiger partial charge in [-0.25, -0.2) is 4.98 Å². The van der Waals surface area contributed by atoms with Crippen LogP contribution in [-0.4, -0.2) is 21.2 Å². The van der Waals surface area contributed by atoms with E-state index in [1.54, 1.807) is 10.6 Å². The SMILES string of the molecule is CCc1cccc(CC)c1NC(=O)CSc1nc2ccccc2c(=O)n1-c1ccccc1. The zero-order valence-electron chi connectivity index (χ0n) is 18.2. The summed E-state index contributed by atoms with van der Waals surface area (Å²) >= 11 is 1.26. The minimum absolute atomic E-state index is 0.118. The molecule has 32 heavy (non-hydrogen) atoms. The Bertz CT molecular complexity index is 1290. The van der Waals surface area contributed by atoms with Crippen molar-refractivity contribution < 1.29 is 4.79 Å². The Hall–Kier alpha value is -3.38. The van der Waals surface area contributed by atoms with Crippen LogP contribution in [0.15, 0.2) is 82.7 Å². The highest BCUT2D eigenvalue weighted by Crippen LogP contribution is 2.25. The number of hydrogen-bond donors (Lipinski definition) is 1. The molecule has 0 bridgehead atoms. The van der Waals surface area contributed by atoms with Crippen LogP contribution in [0, 0.1) is 0 Å². The van der Waals surface area contributed by atoms with Gasteiger partial charge >= 0.3 is 0 Å². The fourth-order valence-electron chi connectivity index (χ4n) is 3.72. The van der Waals surface area contributed by atoms with E-state index in [-0.39, 0.29) is 17.2 Å². The molecule has 0 saturated heterocycles. The number of aryl methyl sites for hydroxylation is 2.